The van der Waals surface area contributed by atoms with Crippen molar-refractivity contribution >= 4 is 18.0 Å². The molecule has 5 heteroatoms. The number of amides is 2. The maximum absolute atomic E-state index is 12.2. The summed E-state index contributed by atoms with van der Waals surface area (Å²) in [4.78, 5) is 29.8. The molecule has 1 heterocycles. The summed E-state index contributed by atoms with van der Waals surface area (Å²) in [5, 5.41) is 0. The summed E-state index contributed by atoms with van der Waals surface area (Å²) in [7, 11) is 3.33. The van der Waals surface area contributed by atoms with Gasteiger partial charge in [-0.1, -0.05) is 0 Å². The van der Waals surface area contributed by atoms with Gasteiger partial charge in [-0.2, -0.15) is 0 Å². The smallest absolute Gasteiger partial charge is 0.257 e. The lowest BCUT2D eigenvalue weighted by Gasteiger charge is -2.23. The van der Waals surface area contributed by atoms with Gasteiger partial charge in [0.05, 0.1) is 11.3 Å². The van der Waals surface area contributed by atoms with Crippen molar-refractivity contribution in [3.05, 3.63) is 24.0 Å². The van der Waals surface area contributed by atoms with E-state index in [1.165, 1.54) is 11.1 Å². The molecule has 0 aliphatic carbocycles. The Balaban J connectivity index is 3.13. The molecule has 0 N–H and O–H groups in total. The lowest BCUT2D eigenvalue weighted by atomic mass is 10.2. The minimum Gasteiger partial charge on any atom is -0.339 e. The Morgan fingerprint density at radius 3 is 2.59 bits per heavy atom. The number of carbonyl (C=O) groups excluding carboxylic acids is 2. The molecule has 5 nitrogen and oxygen atoms in total. The van der Waals surface area contributed by atoms with Gasteiger partial charge in [-0.15, -0.1) is 0 Å². The Morgan fingerprint density at radius 2 is 2.06 bits per heavy atom. The Morgan fingerprint density at radius 1 is 1.41 bits per heavy atom. The Kier molecular flexibility index (Phi) is 4.20. The topological polar surface area (TPSA) is 53.5 Å². The van der Waals surface area contributed by atoms with Gasteiger partial charge in [0.25, 0.3) is 5.91 Å². The van der Waals surface area contributed by atoms with E-state index < -0.39 is 0 Å². The fourth-order valence-corrected chi connectivity index (χ4v) is 1.34. The minimum atomic E-state index is -0.142. The van der Waals surface area contributed by atoms with Crippen LogP contribution in [0.15, 0.2) is 18.5 Å². The quantitative estimate of drug-likeness (QED) is 0.736. The van der Waals surface area contributed by atoms with Crippen LogP contribution in [0.1, 0.15) is 24.2 Å². The highest BCUT2D eigenvalue weighted by Crippen LogP contribution is 2.19. The molecule has 1 aromatic rings. The van der Waals surface area contributed by atoms with Gasteiger partial charge in [-0.05, 0) is 19.9 Å². The largest absolute Gasteiger partial charge is 0.339 e. The number of aromatic nitrogens is 1. The zero-order valence-corrected chi connectivity index (χ0v) is 10.5. The second kappa shape index (κ2) is 5.43. The van der Waals surface area contributed by atoms with Gasteiger partial charge in [0.1, 0.15) is 0 Å². The number of hydrogen-bond donors (Lipinski definition) is 0. The third-order valence-electron chi connectivity index (χ3n) is 2.66. The number of rotatable bonds is 4. The molecule has 1 rings (SSSR count). The first-order chi connectivity index (χ1) is 7.99. The number of anilines is 1. The summed E-state index contributed by atoms with van der Waals surface area (Å²) in [6, 6.07) is 1.74. The van der Waals surface area contributed by atoms with Crippen molar-refractivity contribution in [2.24, 2.45) is 0 Å². The van der Waals surface area contributed by atoms with Gasteiger partial charge < -0.3 is 9.80 Å². The van der Waals surface area contributed by atoms with E-state index in [1.807, 2.05) is 13.8 Å². The van der Waals surface area contributed by atoms with Crippen LogP contribution >= 0.6 is 0 Å². The van der Waals surface area contributed by atoms with Crippen LogP contribution in [0, 0.1) is 0 Å². The highest BCUT2D eigenvalue weighted by Gasteiger charge is 2.19. The lowest BCUT2D eigenvalue weighted by molar-refractivity contribution is -0.107. The Hall–Kier alpha value is -1.91. The van der Waals surface area contributed by atoms with Crippen LogP contribution in [-0.2, 0) is 4.79 Å². The average Bonchev–Trinajstić information content (AvgIpc) is 2.35. The van der Waals surface area contributed by atoms with Crippen molar-refractivity contribution in [2.45, 2.75) is 19.9 Å². The predicted octanol–water partition coefficient (Wildman–Crippen LogP) is 1.15. The van der Waals surface area contributed by atoms with E-state index in [1.54, 1.807) is 31.3 Å². The van der Waals surface area contributed by atoms with Crippen LogP contribution in [0.5, 0.6) is 0 Å². The monoisotopic (exact) mass is 235 g/mol. The molecule has 0 fully saturated rings. The molecule has 0 atom stereocenters. The first kappa shape index (κ1) is 13.2. The van der Waals surface area contributed by atoms with E-state index in [9.17, 15) is 9.59 Å². The predicted molar refractivity (Wildman–Crippen MR) is 65.9 cm³/mol. The molecular weight excluding hydrogens is 218 g/mol. The fourth-order valence-electron chi connectivity index (χ4n) is 1.34. The molecule has 0 saturated heterocycles. The first-order valence-corrected chi connectivity index (χ1v) is 5.38. The summed E-state index contributed by atoms with van der Waals surface area (Å²) in [5.41, 5.74) is 0.991. The van der Waals surface area contributed by atoms with Gasteiger partial charge in [0, 0.05) is 32.5 Å². The fraction of sp³-hybridized carbons (Fsp3) is 0.417. The molecule has 1 aromatic heterocycles. The van der Waals surface area contributed by atoms with Gasteiger partial charge in [-0.3, -0.25) is 14.6 Å². The van der Waals surface area contributed by atoms with Gasteiger partial charge in [0.2, 0.25) is 6.41 Å². The summed E-state index contributed by atoms with van der Waals surface area (Å²) in [5.74, 6) is -0.142. The standard InChI is InChI=1S/C12H17N3O2/c1-9(2)15(4)12(17)10-7-13-6-5-11(10)14(3)8-16/h5-9H,1-4H3. The molecule has 0 aliphatic rings. The van der Waals surface area contributed by atoms with Crippen LogP contribution in [0.2, 0.25) is 0 Å². The molecule has 2 amide bonds. The van der Waals surface area contributed by atoms with Crippen molar-refractivity contribution in [2.75, 3.05) is 19.0 Å². The number of pyridine rings is 1. The Labute approximate surface area is 101 Å². The van der Waals surface area contributed by atoms with Crippen LogP contribution in [0.3, 0.4) is 0 Å². The Bertz CT molecular complexity index is 418. The summed E-state index contributed by atoms with van der Waals surface area (Å²) >= 11 is 0. The average molecular weight is 235 g/mol. The second-order valence-corrected chi connectivity index (χ2v) is 4.12. The summed E-state index contributed by atoms with van der Waals surface area (Å²) in [6.07, 6.45) is 3.71. The van der Waals surface area contributed by atoms with E-state index >= 15 is 0 Å². The summed E-state index contributed by atoms with van der Waals surface area (Å²) in [6.45, 7) is 3.86. The molecular formula is C12H17N3O2. The third-order valence-corrected chi connectivity index (χ3v) is 2.66. The van der Waals surface area contributed by atoms with Crippen LogP contribution in [0.25, 0.3) is 0 Å². The zero-order chi connectivity index (χ0) is 13.0. The molecule has 17 heavy (non-hydrogen) atoms. The molecule has 0 unspecified atom stereocenters. The maximum Gasteiger partial charge on any atom is 0.257 e. The van der Waals surface area contributed by atoms with Crippen LogP contribution in [-0.4, -0.2) is 42.3 Å². The zero-order valence-electron chi connectivity index (χ0n) is 10.5. The van der Waals surface area contributed by atoms with Crippen molar-refractivity contribution < 1.29 is 9.59 Å². The normalized spacial score (nSPS) is 10.2. The maximum atomic E-state index is 12.2. The van der Waals surface area contributed by atoms with E-state index in [-0.39, 0.29) is 11.9 Å². The highest BCUT2D eigenvalue weighted by molar-refractivity contribution is 6.01. The molecule has 92 valence electrons. The van der Waals surface area contributed by atoms with Gasteiger partial charge in [0.15, 0.2) is 0 Å². The van der Waals surface area contributed by atoms with Crippen molar-refractivity contribution in [1.29, 1.82) is 0 Å². The van der Waals surface area contributed by atoms with E-state index in [0.29, 0.717) is 17.7 Å². The van der Waals surface area contributed by atoms with Crippen molar-refractivity contribution in [3.8, 4) is 0 Å². The molecule has 0 bridgehead atoms. The molecule has 0 aromatic carbocycles. The molecule has 0 saturated carbocycles. The van der Waals surface area contributed by atoms with E-state index in [2.05, 4.69) is 4.98 Å². The van der Waals surface area contributed by atoms with E-state index in [0.717, 1.165) is 0 Å². The summed E-state index contributed by atoms with van der Waals surface area (Å²) < 4.78 is 0. The first-order valence-electron chi connectivity index (χ1n) is 5.38. The van der Waals surface area contributed by atoms with Gasteiger partial charge >= 0.3 is 0 Å². The number of carbonyl (C=O) groups is 2. The highest BCUT2D eigenvalue weighted by atomic mass is 16.2. The van der Waals surface area contributed by atoms with Crippen molar-refractivity contribution in [3.63, 3.8) is 0 Å². The number of nitrogens with zero attached hydrogens (tertiary/aromatic N) is 3. The third kappa shape index (κ3) is 2.81. The van der Waals surface area contributed by atoms with Gasteiger partial charge in [-0.25, -0.2) is 0 Å². The molecule has 0 spiro atoms. The molecule has 0 radical (unpaired) electrons. The second-order valence-electron chi connectivity index (χ2n) is 4.12. The lowest BCUT2D eigenvalue weighted by Crippen LogP contribution is -2.34. The molecule has 0 aliphatic heterocycles. The van der Waals surface area contributed by atoms with Crippen LogP contribution in [0.4, 0.5) is 5.69 Å². The van der Waals surface area contributed by atoms with E-state index in [4.69, 9.17) is 0 Å². The number of hydrogen-bond acceptors (Lipinski definition) is 3. The SMILES string of the molecule is CC(C)N(C)C(=O)c1cnccc1N(C)C=O. The van der Waals surface area contributed by atoms with Crippen molar-refractivity contribution in [1.82, 2.24) is 9.88 Å². The van der Waals surface area contributed by atoms with Crippen LogP contribution < -0.4 is 4.90 Å². The minimum absolute atomic E-state index is 0.0945.